The highest BCUT2D eigenvalue weighted by Crippen LogP contribution is 2.30. The van der Waals surface area contributed by atoms with Crippen LogP contribution in [0.4, 0.5) is 4.79 Å². The number of imide groups is 1. The lowest BCUT2D eigenvalue weighted by atomic mass is 9.85. The molecule has 2 amide bonds. The van der Waals surface area contributed by atoms with Gasteiger partial charge in [-0.1, -0.05) is 39.0 Å². The third-order valence-electron chi connectivity index (χ3n) is 4.02. The molecule has 1 atom stereocenters. The number of cyclic esters (lactones) is 1. The Morgan fingerprint density at radius 1 is 1.33 bits per heavy atom. The monoisotopic (exact) mass is 253 g/mol. The Bertz CT molecular complexity index is 310. The second-order valence-electron chi connectivity index (χ2n) is 5.48. The maximum Gasteiger partial charge on any atom is 0.416 e. The lowest BCUT2D eigenvalue weighted by Crippen LogP contribution is -2.40. The predicted molar refractivity (Wildman–Crippen MR) is 68.1 cm³/mol. The zero-order valence-corrected chi connectivity index (χ0v) is 11.2. The van der Waals surface area contributed by atoms with Crippen molar-refractivity contribution in [3.05, 3.63) is 0 Å². The van der Waals surface area contributed by atoms with Crippen molar-refractivity contribution in [2.45, 2.75) is 64.3 Å². The molecule has 2 rings (SSSR count). The third kappa shape index (κ3) is 3.03. The van der Waals surface area contributed by atoms with E-state index in [-0.39, 0.29) is 11.9 Å². The van der Waals surface area contributed by atoms with E-state index in [4.69, 9.17) is 4.74 Å². The predicted octanol–water partition coefficient (Wildman–Crippen LogP) is 3.10. The molecule has 1 saturated carbocycles. The van der Waals surface area contributed by atoms with Crippen molar-refractivity contribution in [3.8, 4) is 0 Å². The highest BCUT2D eigenvalue weighted by molar-refractivity contribution is 5.93. The van der Waals surface area contributed by atoms with Crippen molar-refractivity contribution in [1.82, 2.24) is 4.90 Å². The lowest BCUT2D eigenvalue weighted by Gasteiger charge is -2.27. The zero-order chi connectivity index (χ0) is 13.0. The Kier molecular flexibility index (Phi) is 4.61. The summed E-state index contributed by atoms with van der Waals surface area (Å²) in [5.41, 5.74) is 0. The van der Waals surface area contributed by atoms with E-state index in [0.29, 0.717) is 18.9 Å². The first-order valence-corrected chi connectivity index (χ1v) is 7.21. The number of rotatable bonds is 4. The fourth-order valence-electron chi connectivity index (χ4n) is 3.08. The average molecular weight is 253 g/mol. The van der Waals surface area contributed by atoms with Crippen LogP contribution in [0, 0.1) is 5.92 Å². The molecule has 1 aliphatic heterocycles. The SMILES string of the molecule is CCCC(=O)N1C(=O)OCC1CC1CCCCC1. The standard InChI is InChI=1S/C14H23NO3/c1-2-6-13(16)15-12(10-18-14(15)17)9-11-7-4-3-5-8-11/h11-12H,2-10H2,1H3. The van der Waals surface area contributed by atoms with Gasteiger partial charge in [0.05, 0.1) is 6.04 Å². The van der Waals surface area contributed by atoms with E-state index in [9.17, 15) is 9.59 Å². The van der Waals surface area contributed by atoms with Crippen molar-refractivity contribution in [2.24, 2.45) is 5.92 Å². The van der Waals surface area contributed by atoms with E-state index < -0.39 is 6.09 Å². The molecule has 4 heteroatoms. The second kappa shape index (κ2) is 6.21. The van der Waals surface area contributed by atoms with E-state index in [2.05, 4.69) is 0 Å². The highest BCUT2D eigenvalue weighted by Gasteiger charge is 2.38. The number of carbonyl (C=O) groups is 2. The van der Waals surface area contributed by atoms with E-state index in [1.807, 2.05) is 6.92 Å². The molecule has 0 aromatic rings. The van der Waals surface area contributed by atoms with Crippen LogP contribution in [0.25, 0.3) is 0 Å². The highest BCUT2D eigenvalue weighted by atomic mass is 16.6. The van der Waals surface area contributed by atoms with Crippen LogP contribution in [0.15, 0.2) is 0 Å². The van der Waals surface area contributed by atoms with Gasteiger partial charge in [-0.25, -0.2) is 9.69 Å². The average Bonchev–Trinajstić information content (AvgIpc) is 2.72. The molecule has 1 saturated heterocycles. The number of hydrogen-bond acceptors (Lipinski definition) is 3. The smallest absolute Gasteiger partial charge is 0.416 e. The van der Waals surface area contributed by atoms with Gasteiger partial charge in [-0.2, -0.15) is 0 Å². The zero-order valence-electron chi connectivity index (χ0n) is 11.2. The van der Waals surface area contributed by atoms with E-state index >= 15 is 0 Å². The summed E-state index contributed by atoms with van der Waals surface area (Å²) in [6, 6.07) is -0.0142. The molecular weight excluding hydrogens is 230 g/mol. The van der Waals surface area contributed by atoms with Gasteiger partial charge in [0.25, 0.3) is 0 Å². The van der Waals surface area contributed by atoms with Crippen molar-refractivity contribution in [3.63, 3.8) is 0 Å². The van der Waals surface area contributed by atoms with Crippen molar-refractivity contribution in [2.75, 3.05) is 6.61 Å². The van der Waals surface area contributed by atoms with Gasteiger partial charge in [-0.3, -0.25) is 4.79 Å². The van der Waals surface area contributed by atoms with Crippen LogP contribution < -0.4 is 0 Å². The molecule has 0 bridgehead atoms. The Morgan fingerprint density at radius 2 is 2.06 bits per heavy atom. The van der Waals surface area contributed by atoms with Crippen LogP contribution in [0.2, 0.25) is 0 Å². The van der Waals surface area contributed by atoms with Crippen molar-refractivity contribution < 1.29 is 14.3 Å². The molecule has 102 valence electrons. The Morgan fingerprint density at radius 3 is 2.72 bits per heavy atom. The molecule has 18 heavy (non-hydrogen) atoms. The summed E-state index contributed by atoms with van der Waals surface area (Å²) in [6.07, 6.45) is 8.09. The van der Waals surface area contributed by atoms with Gasteiger partial charge in [0.2, 0.25) is 5.91 Å². The molecular formula is C14H23NO3. The molecule has 1 heterocycles. The number of nitrogens with zero attached hydrogens (tertiary/aromatic N) is 1. The summed E-state index contributed by atoms with van der Waals surface area (Å²) in [5.74, 6) is 0.594. The molecule has 0 radical (unpaired) electrons. The summed E-state index contributed by atoms with van der Waals surface area (Å²) in [6.45, 7) is 2.35. The van der Waals surface area contributed by atoms with Crippen LogP contribution in [0.3, 0.4) is 0 Å². The first-order chi connectivity index (χ1) is 8.72. The topological polar surface area (TPSA) is 46.6 Å². The quantitative estimate of drug-likeness (QED) is 0.773. The van der Waals surface area contributed by atoms with Gasteiger partial charge in [-0.15, -0.1) is 0 Å². The van der Waals surface area contributed by atoms with Crippen LogP contribution in [0.5, 0.6) is 0 Å². The molecule has 1 aliphatic carbocycles. The van der Waals surface area contributed by atoms with Gasteiger partial charge in [-0.05, 0) is 18.8 Å². The maximum absolute atomic E-state index is 11.9. The lowest BCUT2D eigenvalue weighted by molar-refractivity contribution is -0.129. The number of hydrogen-bond donors (Lipinski definition) is 0. The van der Waals surface area contributed by atoms with Crippen LogP contribution in [0.1, 0.15) is 58.3 Å². The largest absolute Gasteiger partial charge is 0.447 e. The number of amides is 2. The van der Waals surface area contributed by atoms with Crippen LogP contribution in [-0.4, -0.2) is 29.5 Å². The molecule has 2 fully saturated rings. The summed E-state index contributed by atoms with van der Waals surface area (Å²) in [5, 5.41) is 0. The summed E-state index contributed by atoms with van der Waals surface area (Å²) in [7, 11) is 0. The van der Waals surface area contributed by atoms with Gasteiger partial charge in [0, 0.05) is 6.42 Å². The van der Waals surface area contributed by atoms with Gasteiger partial charge in [0.1, 0.15) is 6.61 Å². The molecule has 0 aromatic heterocycles. The molecule has 0 spiro atoms. The Balaban J connectivity index is 1.93. The van der Waals surface area contributed by atoms with Crippen molar-refractivity contribution >= 4 is 12.0 Å². The minimum atomic E-state index is -0.436. The fraction of sp³-hybridized carbons (Fsp3) is 0.857. The first-order valence-electron chi connectivity index (χ1n) is 7.21. The second-order valence-corrected chi connectivity index (χ2v) is 5.48. The molecule has 0 aromatic carbocycles. The third-order valence-corrected chi connectivity index (χ3v) is 4.02. The minimum Gasteiger partial charge on any atom is -0.447 e. The number of ether oxygens (including phenoxy) is 1. The summed E-state index contributed by atoms with van der Waals surface area (Å²) < 4.78 is 5.05. The maximum atomic E-state index is 11.9. The molecule has 2 aliphatic rings. The van der Waals surface area contributed by atoms with Crippen LogP contribution in [-0.2, 0) is 9.53 Å². The van der Waals surface area contributed by atoms with Crippen molar-refractivity contribution in [1.29, 1.82) is 0 Å². The van der Waals surface area contributed by atoms with Gasteiger partial charge >= 0.3 is 6.09 Å². The van der Waals surface area contributed by atoms with E-state index in [1.165, 1.54) is 37.0 Å². The first kappa shape index (κ1) is 13.4. The van der Waals surface area contributed by atoms with Gasteiger partial charge in [0.15, 0.2) is 0 Å². The molecule has 0 N–H and O–H groups in total. The normalized spacial score (nSPS) is 25.3. The molecule has 1 unspecified atom stereocenters. The van der Waals surface area contributed by atoms with Crippen LogP contribution >= 0.6 is 0 Å². The fourth-order valence-corrected chi connectivity index (χ4v) is 3.08. The summed E-state index contributed by atoms with van der Waals surface area (Å²) in [4.78, 5) is 24.9. The Hall–Kier alpha value is -1.06. The van der Waals surface area contributed by atoms with E-state index in [0.717, 1.165) is 12.8 Å². The minimum absolute atomic E-state index is 0.0142. The Labute approximate surface area is 109 Å². The van der Waals surface area contributed by atoms with E-state index in [1.54, 1.807) is 0 Å². The van der Waals surface area contributed by atoms with Gasteiger partial charge < -0.3 is 4.74 Å². The summed E-state index contributed by atoms with van der Waals surface area (Å²) >= 11 is 0. The molecule has 4 nitrogen and oxygen atoms in total. The number of carbonyl (C=O) groups excluding carboxylic acids is 2.